The molecule has 0 radical (unpaired) electrons. The Labute approximate surface area is 88.7 Å². The first-order valence-electron chi connectivity index (χ1n) is 4.48. The summed E-state index contributed by atoms with van der Waals surface area (Å²) in [5.74, 6) is 0.715. The van der Waals surface area contributed by atoms with Crippen molar-refractivity contribution < 1.29 is 0 Å². The molecule has 0 N–H and O–H groups in total. The van der Waals surface area contributed by atoms with E-state index in [1.807, 2.05) is 24.5 Å². The van der Waals surface area contributed by atoms with Crippen LogP contribution in [0.3, 0.4) is 0 Å². The minimum Gasteiger partial charge on any atom is -0.326 e. The Bertz CT molecular complexity index is 459. The molecule has 0 unspecified atom stereocenters. The Morgan fingerprint density at radius 3 is 3.00 bits per heavy atom. The molecule has 0 bridgehead atoms. The highest BCUT2D eigenvalue weighted by atomic mass is 32.1. The van der Waals surface area contributed by atoms with Crippen LogP contribution in [-0.2, 0) is 6.54 Å². The Morgan fingerprint density at radius 2 is 2.21 bits per heavy atom. The summed E-state index contributed by atoms with van der Waals surface area (Å²) in [4.78, 5) is 4.30. The quantitative estimate of drug-likeness (QED) is 0.601. The topological polar surface area (TPSA) is 17.8 Å². The predicted octanol–water partition coefficient (Wildman–Crippen LogP) is 2.52. The van der Waals surface area contributed by atoms with Gasteiger partial charge >= 0.3 is 0 Å². The summed E-state index contributed by atoms with van der Waals surface area (Å²) in [6.45, 7) is 4.73. The number of imidazole rings is 1. The molecule has 0 aliphatic rings. The lowest BCUT2D eigenvalue weighted by atomic mass is 10.3. The Morgan fingerprint density at radius 1 is 1.43 bits per heavy atom. The highest BCUT2D eigenvalue weighted by Gasteiger charge is 2.01. The van der Waals surface area contributed by atoms with Gasteiger partial charge < -0.3 is 4.57 Å². The van der Waals surface area contributed by atoms with E-state index < -0.39 is 0 Å². The van der Waals surface area contributed by atoms with Crippen LogP contribution in [0.25, 0.3) is 11.0 Å². The van der Waals surface area contributed by atoms with Gasteiger partial charge in [-0.2, -0.15) is 12.6 Å². The van der Waals surface area contributed by atoms with Gasteiger partial charge in [0.15, 0.2) is 0 Å². The molecule has 1 heterocycles. The van der Waals surface area contributed by atoms with Crippen molar-refractivity contribution in [2.75, 3.05) is 5.75 Å². The van der Waals surface area contributed by atoms with Crippen molar-refractivity contribution in [3.05, 3.63) is 42.7 Å². The first-order chi connectivity index (χ1) is 6.81. The number of hydrogen-bond acceptors (Lipinski definition) is 2. The minimum absolute atomic E-state index is 0.715. The summed E-state index contributed by atoms with van der Waals surface area (Å²) >= 11 is 4.19. The fourth-order valence-electron chi connectivity index (χ4n) is 1.43. The third-order valence-corrected chi connectivity index (χ3v) is 2.59. The fraction of sp³-hybridized carbons (Fsp3) is 0.182. The molecule has 3 heteroatoms. The van der Waals surface area contributed by atoms with Gasteiger partial charge in [-0.25, -0.2) is 4.98 Å². The third kappa shape index (κ3) is 1.68. The van der Waals surface area contributed by atoms with Crippen molar-refractivity contribution >= 4 is 23.7 Å². The molecule has 0 spiro atoms. The van der Waals surface area contributed by atoms with Gasteiger partial charge in [0.25, 0.3) is 0 Å². The summed E-state index contributed by atoms with van der Waals surface area (Å²) in [7, 11) is 0. The SMILES string of the molecule is C=C(CS)Cn1cnc2ccccc21. The molecule has 1 aromatic carbocycles. The van der Waals surface area contributed by atoms with Gasteiger partial charge in [-0.3, -0.25) is 0 Å². The second-order valence-corrected chi connectivity index (χ2v) is 3.59. The molecule has 72 valence electrons. The molecule has 0 aliphatic carbocycles. The maximum atomic E-state index is 4.30. The van der Waals surface area contributed by atoms with E-state index in [-0.39, 0.29) is 0 Å². The maximum Gasteiger partial charge on any atom is 0.0961 e. The maximum absolute atomic E-state index is 4.30. The number of thiol groups is 1. The number of benzene rings is 1. The van der Waals surface area contributed by atoms with E-state index in [2.05, 4.69) is 34.8 Å². The molecule has 2 rings (SSSR count). The van der Waals surface area contributed by atoms with Crippen LogP contribution in [0.1, 0.15) is 0 Å². The van der Waals surface area contributed by atoms with Gasteiger partial charge in [-0.15, -0.1) is 0 Å². The fourth-order valence-corrected chi connectivity index (χ4v) is 1.53. The van der Waals surface area contributed by atoms with Crippen LogP contribution in [0.2, 0.25) is 0 Å². The van der Waals surface area contributed by atoms with Crippen LogP contribution < -0.4 is 0 Å². The van der Waals surface area contributed by atoms with Gasteiger partial charge in [0, 0.05) is 12.3 Å². The van der Waals surface area contributed by atoms with E-state index >= 15 is 0 Å². The van der Waals surface area contributed by atoms with Crippen LogP contribution in [0.5, 0.6) is 0 Å². The van der Waals surface area contributed by atoms with Crippen molar-refractivity contribution in [3.63, 3.8) is 0 Å². The summed E-state index contributed by atoms with van der Waals surface area (Å²) in [5, 5.41) is 0. The van der Waals surface area contributed by atoms with Gasteiger partial charge in [0.2, 0.25) is 0 Å². The van der Waals surface area contributed by atoms with Crippen LogP contribution in [0.15, 0.2) is 42.7 Å². The van der Waals surface area contributed by atoms with Crippen LogP contribution in [0.4, 0.5) is 0 Å². The van der Waals surface area contributed by atoms with Gasteiger partial charge in [0.05, 0.1) is 17.4 Å². The largest absolute Gasteiger partial charge is 0.326 e. The zero-order valence-corrected chi connectivity index (χ0v) is 8.74. The van der Waals surface area contributed by atoms with E-state index in [1.54, 1.807) is 0 Å². The van der Waals surface area contributed by atoms with E-state index in [0.717, 1.165) is 23.2 Å². The highest BCUT2D eigenvalue weighted by molar-refractivity contribution is 7.80. The number of fused-ring (bicyclic) bond motifs is 1. The summed E-state index contributed by atoms with van der Waals surface area (Å²) < 4.78 is 2.09. The van der Waals surface area contributed by atoms with Crippen LogP contribution in [0, 0.1) is 0 Å². The summed E-state index contributed by atoms with van der Waals surface area (Å²) in [6, 6.07) is 8.08. The summed E-state index contributed by atoms with van der Waals surface area (Å²) in [5.41, 5.74) is 3.27. The second kappa shape index (κ2) is 3.88. The normalized spacial score (nSPS) is 10.6. The van der Waals surface area contributed by atoms with Crippen molar-refractivity contribution in [2.24, 2.45) is 0 Å². The number of aromatic nitrogens is 2. The molecule has 2 aromatic rings. The smallest absolute Gasteiger partial charge is 0.0961 e. The molecule has 0 saturated carbocycles. The molecule has 0 aliphatic heterocycles. The molecule has 0 atom stereocenters. The molecule has 0 amide bonds. The van der Waals surface area contributed by atoms with Crippen molar-refractivity contribution in [2.45, 2.75) is 6.54 Å². The lowest BCUT2D eigenvalue weighted by Crippen LogP contribution is -1.99. The van der Waals surface area contributed by atoms with E-state index in [4.69, 9.17) is 0 Å². The Hall–Kier alpha value is -1.22. The molecule has 0 fully saturated rings. The van der Waals surface area contributed by atoms with Gasteiger partial charge in [0.1, 0.15) is 0 Å². The molecule has 2 nitrogen and oxygen atoms in total. The zero-order valence-electron chi connectivity index (χ0n) is 7.85. The summed E-state index contributed by atoms with van der Waals surface area (Å²) in [6.07, 6.45) is 1.85. The lowest BCUT2D eigenvalue weighted by Gasteiger charge is -2.04. The first-order valence-corrected chi connectivity index (χ1v) is 5.12. The van der Waals surface area contributed by atoms with E-state index in [9.17, 15) is 0 Å². The molecular weight excluding hydrogens is 192 g/mol. The van der Waals surface area contributed by atoms with Crippen molar-refractivity contribution in [1.82, 2.24) is 9.55 Å². The third-order valence-electron chi connectivity index (χ3n) is 2.14. The highest BCUT2D eigenvalue weighted by Crippen LogP contribution is 2.13. The van der Waals surface area contributed by atoms with Gasteiger partial charge in [-0.05, 0) is 17.7 Å². The average molecular weight is 204 g/mol. The van der Waals surface area contributed by atoms with Crippen molar-refractivity contribution in [3.8, 4) is 0 Å². The molecule has 0 saturated heterocycles. The Kier molecular flexibility index (Phi) is 2.59. The second-order valence-electron chi connectivity index (χ2n) is 3.27. The predicted molar refractivity (Wildman–Crippen MR) is 62.7 cm³/mol. The molecular formula is C11H12N2S. The molecule has 1 aromatic heterocycles. The van der Waals surface area contributed by atoms with E-state index in [0.29, 0.717) is 5.75 Å². The number of para-hydroxylation sites is 2. The van der Waals surface area contributed by atoms with E-state index in [1.165, 1.54) is 0 Å². The van der Waals surface area contributed by atoms with Crippen molar-refractivity contribution in [1.29, 1.82) is 0 Å². The Balaban J connectivity index is 2.38. The first kappa shape index (κ1) is 9.34. The minimum atomic E-state index is 0.715. The number of nitrogens with zero attached hydrogens (tertiary/aromatic N) is 2. The zero-order chi connectivity index (χ0) is 9.97. The van der Waals surface area contributed by atoms with Gasteiger partial charge in [-0.1, -0.05) is 18.7 Å². The monoisotopic (exact) mass is 204 g/mol. The number of rotatable bonds is 3. The standard InChI is InChI=1S/C11H12N2S/c1-9(7-14)6-13-8-12-10-4-2-3-5-11(10)13/h2-5,8,14H,1,6-7H2. The van der Waals surface area contributed by atoms with Crippen LogP contribution in [-0.4, -0.2) is 15.3 Å². The lowest BCUT2D eigenvalue weighted by molar-refractivity contribution is 0.814. The average Bonchev–Trinajstić information content (AvgIpc) is 2.62. The number of hydrogen-bond donors (Lipinski definition) is 1. The van der Waals surface area contributed by atoms with Crippen LogP contribution >= 0.6 is 12.6 Å². The molecule has 14 heavy (non-hydrogen) atoms.